The number of ether oxygens (including phenoxy) is 1. The number of hydrogen-bond acceptors (Lipinski definition) is 4. The van der Waals surface area contributed by atoms with Crippen LogP contribution in [0.4, 0.5) is 0 Å². The maximum absolute atomic E-state index is 12.6. The Morgan fingerprint density at radius 3 is 2.72 bits per heavy atom. The van der Waals surface area contributed by atoms with Gasteiger partial charge in [0.05, 0.1) is 13.2 Å². The van der Waals surface area contributed by atoms with Crippen LogP contribution in [0.5, 0.6) is 5.75 Å². The number of carbonyl (C=O) groups excluding carboxylic acids is 1. The quantitative estimate of drug-likeness (QED) is 0.890. The van der Waals surface area contributed by atoms with Crippen molar-refractivity contribution in [1.82, 2.24) is 4.90 Å². The van der Waals surface area contributed by atoms with Crippen LogP contribution in [0.25, 0.3) is 0 Å². The minimum Gasteiger partial charge on any atom is -0.495 e. The molecule has 2 saturated heterocycles. The third kappa shape index (κ3) is 1.82. The standard InChI is InChI=1S/C13H17NO3S/c1-17-11-4-5-18-12(11)13(16)14-8-2-3-9(14)7-10(15)6-8/h4-5,8-10,15H,2-3,6-7H2,1H3. The molecule has 4 nitrogen and oxygen atoms in total. The highest BCUT2D eigenvalue weighted by molar-refractivity contribution is 7.12. The number of aliphatic hydroxyl groups is 1. The van der Waals surface area contributed by atoms with Crippen LogP contribution in [0.2, 0.25) is 0 Å². The number of piperidine rings is 1. The largest absolute Gasteiger partial charge is 0.495 e. The van der Waals surface area contributed by atoms with Crippen LogP contribution >= 0.6 is 11.3 Å². The van der Waals surface area contributed by atoms with Crippen molar-refractivity contribution in [2.24, 2.45) is 0 Å². The lowest BCUT2D eigenvalue weighted by Crippen LogP contribution is -2.47. The van der Waals surface area contributed by atoms with E-state index in [4.69, 9.17) is 4.74 Å². The molecule has 0 aromatic carbocycles. The maximum Gasteiger partial charge on any atom is 0.268 e. The molecule has 98 valence electrons. The lowest BCUT2D eigenvalue weighted by Gasteiger charge is -2.37. The summed E-state index contributed by atoms with van der Waals surface area (Å²) in [6.45, 7) is 0. The van der Waals surface area contributed by atoms with E-state index in [0.717, 1.165) is 25.7 Å². The summed E-state index contributed by atoms with van der Waals surface area (Å²) in [6.07, 6.45) is 3.23. The van der Waals surface area contributed by atoms with Crippen LogP contribution in [0.1, 0.15) is 35.4 Å². The van der Waals surface area contributed by atoms with Crippen LogP contribution < -0.4 is 4.74 Å². The smallest absolute Gasteiger partial charge is 0.268 e. The summed E-state index contributed by atoms with van der Waals surface area (Å²) in [7, 11) is 1.59. The summed E-state index contributed by atoms with van der Waals surface area (Å²) >= 11 is 1.43. The minimum absolute atomic E-state index is 0.0706. The molecule has 1 aromatic heterocycles. The van der Waals surface area contributed by atoms with E-state index in [1.165, 1.54) is 11.3 Å². The second kappa shape index (κ2) is 4.55. The van der Waals surface area contributed by atoms with Gasteiger partial charge in [-0.1, -0.05) is 0 Å². The van der Waals surface area contributed by atoms with E-state index in [2.05, 4.69) is 0 Å². The zero-order valence-corrected chi connectivity index (χ0v) is 11.2. The van der Waals surface area contributed by atoms with Gasteiger partial charge in [0.25, 0.3) is 5.91 Å². The third-order valence-electron chi connectivity index (χ3n) is 3.99. The summed E-state index contributed by atoms with van der Waals surface area (Å²) in [6, 6.07) is 2.25. The van der Waals surface area contributed by atoms with Gasteiger partial charge in [-0.15, -0.1) is 11.3 Å². The van der Waals surface area contributed by atoms with Gasteiger partial charge in [0.2, 0.25) is 0 Å². The first-order chi connectivity index (χ1) is 8.70. The van der Waals surface area contributed by atoms with Gasteiger partial charge in [-0.25, -0.2) is 0 Å². The van der Waals surface area contributed by atoms with Crippen molar-refractivity contribution in [1.29, 1.82) is 0 Å². The lowest BCUT2D eigenvalue weighted by atomic mass is 9.99. The molecule has 2 atom stereocenters. The topological polar surface area (TPSA) is 49.8 Å². The number of thiophene rings is 1. The molecule has 0 aliphatic carbocycles. The number of aliphatic hydroxyl groups excluding tert-OH is 1. The van der Waals surface area contributed by atoms with Gasteiger partial charge in [-0.3, -0.25) is 4.79 Å². The molecule has 18 heavy (non-hydrogen) atoms. The minimum atomic E-state index is -0.239. The first kappa shape index (κ1) is 12.0. The number of rotatable bonds is 2. The number of nitrogens with zero attached hydrogens (tertiary/aromatic N) is 1. The molecule has 3 rings (SSSR count). The van der Waals surface area contributed by atoms with Gasteiger partial charge in [0.1, 0.15) is 10.6 Å². The Morgan fingerprint density at radius 2 is 2.11 bits per heavy atom. The molecular weight excluding hydrogens is 250 g/mol. The van der Waals surface area contributed by atoms with Crippen molar-refractivity contribution in [2.45, 2.75) is 43.9 Å². The number of methoxy groups -OCH3 is 1. The Hall–Kier alpha value is -1.07. The molecule has 0 saturated carbocycles. The van der Waals surface area contributed by atoms with E-state index >= 15 is 0 Å². The Labute approximate surface area is 110 Å². The fourth-order valence-corrected chi connectivity index (χ4v) is 4.01. The van der Waals surface area contributed by atoms with Gasteiger partial charge < -0.3 is 14.7 Å². The Kier molecular flexibility index (Phi) is 3.03. The fourth-order valence-electron chi connectivity index (χ4n) is 3.21. The van der Waals surface area contributed by atoms with E-state index in [0.29, 0.717) is 10.6 Å². The highest BCUT2D eigenvalue weighted by atomic mass is 32.1. The van der Waals surface area contributed by atoms with E-state index in [1.54, 1.807) is 7.11 Å². The molecule has 5 heteroatoms. The molecule has 2 fully saturated rings. The number of fused-ring (bicyclic) bond motifs is 2. The van der Waals surface area contributed by atoms with Gasteiger partial charge >= 0.3 is 0 Å². The van der Waals surface area contributed by atoms with Crippen molar-refractivity contribution >= 4 is 17.2 Å². The van der Waals surface area contributed by atoms with E-state index in [1.807, 2.05) is 16.3 Å². The highest BCUT2D eigenvalue weighted by Crippen LogP contribution is 2.38. The predicted molar refractivity (Wildman–Crippen MR) is 69.1 cm³/mol. The summed E-state index contributed by atoms with van der Waals surface area (Å²) in [5.41, 5.74) is 0. The maximum atomic E-state index is 12.6. The number of amides is 1. The molecule has 1 amide bonds. The molecule has 3 heterocycles. The third-order valence-corrected chi connectivity index (χ3v) is 4.87. The number of carbonyl (C=O) groups is 1. The van der Waals surface area contributed by atoms with Crippen molar-refractivity contribution in [2.75, 3.05) is 7.11 Å². The van der Waals surface area contributed by atoms with Crippen molar-refractivity contribution in [3.8, 4) is 5.75 Å². The van der Waals surface area contributed by atoms with Crippen LogP contribution in [0, 0.1) is 0 Å². The van der Waals surface area contributed by atoms with Gasteiger partial charge in [-0.2, -0.15) is 0 Å². The molecule has 2 bridgehead atoms. The average molecular weight is 267 g/mol. The Bertz CT molecular complexity index is 445. The van der Waals surface area contributed by atoms with Crippen LogP contribution in [-0.2, 0) is 0 Å². The van der Waals surface area contributed by atoms with Crippen LogP contribution in [-0.4, -0.2) is 41.2 Å². The zero-order valence-electron chi connectivity index (χ0n) is 10.3. The van der Waals surface area contributed by atoms with Gasteiger partial charge in [0, 0.05) is 12.1 Å². The van der Waals surface area contributed by atoms with Gasteiger partial charge in [-0.05, 0) is 37.1 Å². The SMILES string of the molecule is COc1ccsc1C(=O)N1C2CCC1CC(O)C2. The van der Waals surface area contributed by atoms with Gasteiger partial charge in [0.15, 0.2) is 0 Å². The van der Waals surface area contributed by atoms with Crippen molar-refractivity contribution in [3.05, 3.63) is 16.3 Å². The average Bonchev–Trinajstić information content (AvgIpc) is 2.92. The molecule has 2 aliphatic heterocycles. The predicted octanol–water partition coefficient (Wildman–Crippen LogP) is 1.88. The van der Waals surface area contributed by atoms with E-state index in [-0.39, 0.29) is 24.1 Å². The highest BCUT2D eigenvalue weighted by Gasteiger charge is 2.43. The molecule has 2 aliphatic rings. The summed E-state index contributed by atoms with van der Waals surface area (Å²) in [4.78, 5) is 15.2. The number of hydrogen-bond donors (Lipinski definition) is 1. The Balaban J connectivity index is 1.85. The molecule has 1 aromatic rings. The second-order valence-electron chi connectivity index (χ2n) is 5.04. The normalized spacial score (nSPS) is 30.6. The lowest BCUT2D eigenvalue weighted by molar-refractivity contribution is 0.0289. The summed E-state index contributed by atoms with van der Waals surface area (Å²) < 4.78 is 5.22. The molecule has 0 radical (unpaired) electrons. The van der Waals surface area contributed by atoms with Crippen molar-refractivity contribution < 1.29 is 14.6 Å². The summed E-state index contributed by atoms with van der Waals surface area (Å²) in [5.74, 6) is 0.733. The van der Waals surface area contributed by atoms with E-state index in [9.17, 15) is 9.90 Å². The summed E-state index contributed by atoms with van der Waals surface area (Å²) in [5, 5.41) is 11.6. The molecular formula is C13H17NO3S. The molecule has 1 N–H and O–H groups in total. The van der Waals surface area contributed by atoms with Crippen molar-refractivity contribution in [3.63, 3.8) is 0 Å². The van der Waals surface area contributed by atoms with Crippen LogP contribution in [0.15, 0.2) is 11.4 Å². The monoisotopic (exact) mass is 267 g/mol. The zero-order chi connectivity index (χ0) is 12.7. The molecule has 0 spiro atoms. The Morgan fingerprint density at radius 1 is 1.44 bits per heavy atom. The molecule has 2 unspecified atom stereocenters. The van der Waals surface area contributed by atoms with E-state index < -0.39 is 0 Å². The van der Waals surface area contributed by atoms with Crippen LogP contribution in [0.3, 0.4) is 0 Å². The first-order valence-electron chi connectivity index (χ1n) is 6.33. The first-order valence-corrected chi connectivity index (χ1v) is 7.21. The second-order valence-corrected chi connectivity index (χ2v) is 5.96. The fraction of sp³-hybridized carbons (Fsp3) is 0.615.